The lowest BCUT2D eigenvalue weighted by Gasteiger charge is -2.42. The second kappa shape index (κ2) is 5.75. The Labute approximate surface area is 189 Å². The van der Waals surface area contributed by atoms with E-state index in [1.165, 1.54) is 71.7 Å². The van der Waals surface area contributed by atoms with Crippen LogP contribution in [0.4, 0.5) is 0 Å². The SMILES string of the molecule is Cc1cc2c3c(c1)C(C)(C)c1ccccc1B3c1cc(C)cc3c4cc(C)ccc4n-2c13. The summed E-state index contributed by atoms with van der Waals surface area (Å²) in [5.41, 5.74) is 15.4. The predicted molar refractivity (Wildman–Crippen MR) is 138 cm³/mol. The molecule has 32 heavy (non-hydrogen) atoms. The summed E-state index contributed by atoms with van der Waals surface area (Å²) >= 11 is 0. The second-order valence-corrected chi connectivity index (χ2v) is 10.5. The van der Waals surface area contributed by atoms with Gasteiger partial charge in [0.15, 0.2) is 0 Å². The van der Waals surface area contributed by atoms with Crippen molar-refractivity contribution in [3.63, 3.8) is 0 Å². The summed E-state index contributed by atoms with van der Waals surface area (Å²) in [4.78, 5) is 0. The molecule has 0 bridgehead atoms. The lowest BCUT2D eigenvalue weighted by atomic mass is 9.30. The van der Waals surface area contributed by atoms with E-state index in [1.807, 2.05) is 0 Å². The molecule has 0 radical (unpaired) electrons. The molecule has 1 aromatic heterocycles. The van der Waals surface area contributed by atoms with Gasteiger partial charge in [0.25, 0.3) is 0 Å². The molecule has 0 atom stereocenters. The van der Waals surface area contributed by atoms with E-state index in [1.54, 1.807) is 0 Å². The normalized spacial score (nSPS) is 15.2. The molecule has 2 aliphatic rings. The van der Waals surface area contributed by atoms with Crippen LogP contribution in [0.1, 0.15) is 41.7 Å². The van der Waals surface area contributed by atoms with Crippen molar-refractivity contribution in [3.05, 3.63) is 94.5 Å². The first-order valence-corrected chi connectivity index (χ1v) is 11.7. The summed E-state index contributed by atoms with van der Waals surface area (Å²) in [6, 6.07) is 25.8. The maximum absolute atomic E-state index is 2.56. The zero-order chi connectivity index (χ0) is 21.9. The van der Waals surface area contributed by atoms with Crippen LogP contribution in [-0.4, -0.2) is 11.3 Å². The fourth-order valence-electron chi connectivity index (χ4n) is 6.64. The minimum Gasteiger partial charge on any atom is -0.310 e. The van der Waals surface area contributed by atoms with E-state index in [2.05, 4.69) is 106 Å². The molecule has 0 fully saturated rings. The fraction of sp³-hybridized carbons (Fsp3) is 0.200. The van der Waals surface area contributed by atoms with E-state index in [-0.39, 0.29) is 12.1 Å². The summed E-state index contributed by atoms with van der Waals surface area (Å²) in [5.74, 6) is 0. The predicted octanol–water partition coefficient (Wildman–Crippen LogP) is 5.18. The number of hydrogen-bond donors (Lipinski definition) is 0. The lowest BCUT2D eigenvalue weighted by molar-refractivity contribution is 0.644. The van der Waals surface area contributed by atoms with Gasteiger partial charge in [-0.15, -0.1) is 0 Å². The third kappa shape index (κ3) is 2.06. The van der Waals surface area contributed by atoms with Gasteiger partial charge in [-0.3, -0.25) is 0 Å². The molecular weight excluding hydrogens is 385 g/mol. The Bertz CT molecular complexity index is 1630. The molecular formula is C30H26BN. The summed E-state index contributed by atoms with van der Waals surface area (Å²) in [6.45, 7) is 11.8. The van der Waals surface area contributed by atoms with Crippen molar-refractivity contribution in [2.75, 3.05) is 0 Å². The van der Waals surface area contributed by atoms with Gasteiger partial charge >= 0.3 is 0 Å². The zero-order valence-electron chi connectivity index (χ0n) is 19.4. The van der Waals surface area contributed by atoms with Gasteiger partial charge in [0.1, 0.15) is 0 Å². The van der Waals surface area contributed by atoms with E-state index < -0.39 is 0 Å². The van der Waals surface area contributed by atoms with Crippen LogP contribution in [-0.2, 0) is 5.41 Å². The van der Waals surface area contributed by atoms with Crippen LogP contribution in [0.5, 0.6) is 0 Å². The highest BCUT2D eigenvalue weighted by Crippen LogP contribution is 2.40. The van der Waals surface area contributed by atoms with Crippen LogP contribution in [0.3, 0.4) is 0 Å². The van der Waals surface area contributed by atoms with Crippen LogP contribution < -0.4 is 16.4 Å². The monoisotopic (exact) mass is 411 g/mol. The molecule has 0 unspecified atom stereocenters. The highest BCUT2D eigenvalue weighted by molar-refractivity contribution is 6.99. The molecule has 2 heteroatoms. The minimum atomic E-state index is -0.0246. The van der Waals surface area contributed by atoms with E-state index in [4.69, 9.17) is 0 Å². The molecule has 4 aromatic carbocycles. The summed E-state index contributed by atoms with van der Waals surface area (Å²) in [7, 11) is 0. The third-order valence-corrected chi connectivity index (χ3v) is 7.95. The average Bonchev–Trinajstić information content (AvgIpc) is 3.07. The smallest absolute Gasteiger partial charge is 0.247 e. The first-order valence-electron chi connectivity index (χ1n) is 11.7. The molecule has 0 spiro atoms. The molecule has 3 heterocycles. The molecule has 154 valence electrons. The van der Waals surface area contributed by atoms with Gasteiger partial charge in [0.05, 0.1) is 5.52 Å². The number of aryl methyl sites for hydroxylation is 3. The molecule has 0 aliphatic carbocycles. The molecule has 7 rings (SSSR count). The van der Waals surface area contributed by atoms with Gasteiger partial charge in [-0.2, -0.15) is 0 Å². The van der Waals surface area contributed by atoms with E-state index in [0.29, 0.717) is 0 Å². The second-order valence-electron chi connectivity index (χ2n) is 10.5. The third-order valence-electron chi connectivity index (χ3n) is 7.95. The Balaban J connectivity index is 1.78. The molecule has 2 aliphatic heterocycles. The Kier molecular flexibility index (Phi) is 3.29. The first-order chi connectivity index (χ1) is 15.4. The van der Waals surface area contributed by atoms with E-state index in [0.717, 1.165) is 0 Å². The van der Waals surface area contributed by atoms with Crippen molar-refractivity contribution in [2.24, 2.45) is 0 Å². The Morgan fingerprint density at radius 1 is 0.688 bits per heavy atom. The van der Waals surface area contributed by atoms with Crippen molar-refractivity contribution < 1.29 is 0 Å². The maximum Gasteiger partial charge on any atom is 0.247 e. The van der Waals surface area contributed by atoms with Crippen molar-refractivity contribution in [1.29, 1.82) is 0 Å². The minimum absolute atomic E-state index is 0.0246. The van der Waals surface area contributed by atoms with Crippen LogP contribution in [0, 0.1) is 20.8 Å². The van der Waals surface area contributed by atoms with Crippen molar-refractivity contribution >= 4 is 44.9 Å². The number of benzene rings is 4. The average molecular weight is 411 g/mol. The number of nitrogens with zero attached hydrogens (tertiary/aromatic N) is 1. The van der Waals surface area contributed by atoms with Crippen LogP contribution >= 0.6 is 0 Å². The highest BCUT2D eigenvalue weighted by atomic mass is 15.0. The standard InChI is InChI=1S/C30H26BN/c1-17-10-11-26-20(12-17)21-13-18(2)15-25-29(21)32(26)27-16-19(3)14-23-28(27)31(25)24-9-7-6-8-22(24)30(23,4)5/h6-16H,1-5H3. The van der Waals surface area contributed by atoms with Crippen molar-refractivity contribution in [2.45, 2.75) is 40.0 Å². The summed E-state index contributed by atoms with van der Waals surface area (Å²) in [6.07, 6.45) is 0. The quantitative estimate of drug-likeness (QED) is 0.304. The molecule has 0 saturated carbocycles. The van der Waals surface area contributed by atoms with Gasteiger partial charge < -0.3 is 4.57 Å². The van der Waals surface area contributed by atoms with Crippen molar-refractivity contribution in [3.8, 4) is 5.69 Å². The molecule has 0 amide bonds. The van der Waals surface area contributed by atoms with Gasteiger partial charge in [-0.25, -0.2) is 0 Å². The van der Waals surface area contributed by atoms with E-state index in [9.17, 15) is 0 Å². The largest absolute Gasteiger partial charge is 0.310 e. The fourth-order valence-corrected chi connectivity index (χ4v) is 6.64. The number of rotatable bonds is 0. The zero-order valence-corrected chi connectivity index (χ0v) is 19.4. The van der Waals surface area contributed by atoms with Crippen LogP contribution in [0.25, 0.3) is 27.5 Å². The van der Waals surface area contributed by atoms with Crippen LogP contribution in [0.15, 0.2) is 66.7 Å². The summed E-state index contributed by atoms with van der Waals surface area (Å²) < 4.78 is 2.56. The molecule has 1 nitrogen and oxygen atoms in total. The summed E-state index contributed by atoms with van der Waals surface area (Å²) in [5, 5.41) is 2.75. The van der Waals surface area contributed by atoms with Gasteiger partial charge in [-0.1, -0.05) is 72.9 Å². The van der Waals surface area contributed by atoms with Crippen LogP contribution in [0.2, 0.25) is 0 Å². The van der Waals surface area contributed by atoms with Crippen molar-refractivity contribution in [1.82, 2.24) is 4.57 Å². The Morgan fingerprint density at radius 2 is 1.44 bits per heavy atom. The first kappa shape index (κ1) is 18.3. The molecule has 0 saturated heterocycles. The lowest BCUT2D eigenvalue weighted by Crippen LogP contribution is -2.63. The van der Waals surface area contributed by atoms with Gasteiger partial charge in [0.2, 0.25) is 6.71 Å². The molecule has 5 aromatic rings. The number of aromatic nitrogens is 1. The maximum atomic E-state index is 2.56. The van der Waals surface area contributed by atoms with E-state index >= 15 is 0 Å². The Morgan fingerprint density at radius 3 is 2.28 bits per heavy atom. The number of hydrogen-bond acceptors (Lipinski definition) is 0. The highest BCUT2D eigenvalue weighted by Gasteiger charge is 2.44. The molecule has 0 N–H and O–H groups in total. The van der Waals surface area contributed by atoms with Gasteiger partial charge in [-0.05, 0) is 72.7 Å². The Hall–Kier alpha value is -3.26. The van der Waals surface area contributed by atoms with Gasteiger partial charge in [0, 0.05) is 27.4 Å². The number of fused-ring (bicyclic) bond motifs is 7. The topological polar surface area (TPSA) is 4.93 Å².